The van der Waals surface area contributed by atoms with E-state index in [-0.39, 0.29) is 12.3 Å². The second kappa shape index (κ2) is 5.66. The van der Waals surface area contributed by atoms with Crippen LogP contribution in [0.3, 0.4) is 0 Å². The van der Waals surface area contributed by atoms with Gasteiger partial charge in [0.15, 0.2) is 0 Å². The molecule has 2 unspecified atom stereocenters. The second-order valence-corrected chi connectivity index (χ2v) is 7.98. The van der Waals surface area contributed by atoms with Crippen LogP contribution in [0.15, 0.2) is 16.5 Å². The van der Waals surface area contributed by atoms with E-state index >= 15 is 0 Å². The van der Waals surface area contributed by atoms with Crippen LogP contribution in [-0.2, 0) is 11.3 Å². The molecule has 1 aromatic heterocycles. The molecular formula is C19H27NO3. The zero-order valence-electron chi connectivity index (χ0n) is 14.0. The van der Waals surface area contributed by atoms with Crippen LogP contribution in [0.25, 0.3) is 0 Å². The lowest BCUT2D eigenvalue weighted by molar-refractivity contribution is -0.137. The first kappa shape index (κ1) is 15.3. The third-order valence-corrected chi connectivity index (χ3v) is 5.81. The Morgan fingerprint density at radius 3 is 2.65 bits per heavy atom. The van der Waals surface area contributed by atoms with Crippen LogP contribution in [-0.4, -0.2) is 27.6 Å². The molecule has 3 fully saturated rings. The van der Waals surface area contributed by atoms with Crippen molar-refractivity contribution in [2.24, 2.45) is 5.92 Å². The van der Waals surface area contributed by atoms with E-state index in [1.165, 1.54) is 6.42 Å². The van der Waals surface area contributed by atoms with E-state index in [4.69, 9.17) is 4.42 Å². The Bertz CT molecular complexity index is 583. The van der Waals surface area contributed by atoms with Gasteiger partial charge >= 0.3 is 0 Å². The zero-order chi connectivity index (χ0) is 16.0. The van der Waals surface area contributed by atoms with E-state index in [2.05, 4.69) is 13.0 Å². The number of furan rings is 1. The minimum absolute atomic E-state index is 0.0923. The lowest BCUT2D eigenvalue weighted by Crippen LogP contribution is -2.38. The molecule has 3 saturated carbocycles. The van der Waals surface area contributed by atoms with E-state index in [9.17, 15) is 9.90 Å². The van der Waals surface area contributed by atoms with Gasteiger partial charge in [0.05, 0.1) is 18.6 Å². The highest BCUT2D eigenvalue weighted by molar-refractivity contribution is 5.78. The van der Waals surface area contributed by atoms with Crippen LogP contribution in [0.5, 0.6) is 0 Å². The second-order valence-electron chi connectivity index (χ2n) is 7.98. The Labute approximate surface area is 137 Å². The number of hydrogen-bond donors (Lipinski definition) is 1. The smallest absolute Gasteiger partial charge is 0.226 e. The summed E-state index contributed by atoms with van der Waals surface area (Å²) in [4.78, 5) is 14.7. The molecule has 126 valence electrons. The first-order valence-corrected chi connectivity index (χ1v) is 9.14. The molecule has 4 rings (SSSR count). The first-order valence-electron chi connectivity index (χ1n) is 9.14. The summed E-state index contributed by atoms with van der Waals surface area (Å²) in [6.07, 6.45) is 7.25. The van der Waals surface area contributed by atoms with Crippen molar-refractivity contribution in [2.75, 3.05) is 0 Å². The summed E-state index contributed by atoms with van der Waals surface area (Å²) >= 11 is 0. The Kier molecular flexibility index (Phi) is 3.75. The van der Waals surface area contributed by atoms with Gasteiger partial charge < -0.3 is 14.4 Å². The van der Waals surface area contributed by atoms with E-state index in [0.29, 0.717) is 18.5 Å². The summed E-state index contributed by atoms with van der Waals surface area (Å²) in [6.45, 7) is 2.80. The van der Waals surface area contributed by atoms with Crippen LogP contribution >= 0.6 is 0 Å². The summed E-state index contributed by atoms with van der Waals surface area (Å²) in [7, 11) is 0. The van der Waals surface area contributed by atoms with Gasteiger partial charge in [0, 0.05) is 12.0 Å². The maximum absolute atomic E-state index is 12.7. The van der Waals surface area contributed by atoms with E-state index in [0.717, 1.165) is 56.0 Å². The zero-order valence-corrected chi connectivity index (χ0v) is 14.0. The van der Waals surface area contributed by atoms with Crippen molar-refractivity contribution < 1.29 is 14.3 Å². The van der Waals surface area contributed by atoms with Crippen LogP contribution in [0.2, 0.25) is 0 Å². The maximum Gasteiger partial charge on any atom is 0.226 e. The Balaban J connectivity index is 1.41. The van der Waals surface area contributed by atoms with Crippen molar-refractivity contribution >= 4 is 5.91 Å². The highest BCUT2D eigenvalue weighted by Crippen LogP contribution is 2.47. The number of carbonyl (C=O) groups excluding carboxylic acids is 1. The average Bonchev–Trinajstić information content (AvgIpc) is 3.39. The molecule has 4 heteroatoms. The van der Waals surface area contributed by atoms with Gasteiger partial charge in [0.25, 0.3) is 0 Å². The third kappa shape index (κ3) is 3.32. The normalized spacial score (nSPS) is 28.8. The highest BCUT2D eigenvalue weighted by Gasteiger charge is 2.40. The molecule has 1 aromatic rings. The van der Waals surface area contributed by atoms with Crippen molar-refractivity contribution in [3.8, 4) is 0 Å². The van der Waals surface area contributed by atoms with Crippen molar-refractivity contribution in [2.45, 2.75) is 82.4 Å². The highest BCUT2D eigenvalue weighted by atomic mass is 16.3. The van der Waals surface area contributed by atoms with Crippen LogP contribution in [0.4, 0.5) is 0 Å². The quantitative estimate of drug-likeness (QED) is 0.872. The van der Waals surface area contributed by atoms with E-state index in [1.807, 2.05) is 11.0 Å². The molecule has 0 spiro atoms. The van der Waals surface area contributed by atoms with Crippen molar-refractivity contribution in [3.63, 3.8) is 0 Å². The number of rotatable bonds is 6. The Hall–Kier alpha value is -1.29. The molecule has 4 nitrogen and oxygen atoms in total. The van der Waals surface area contributed by atoms with Gasteiger partial charge in [0.2, 0.25) is 5.91 Å². The lowest BCUT2D eigenvalue weighted by Gasteiger charge is -2.27. The van der Waals surface area contributed by atoms with Crippen LogP contribution in [0.1, 0.15) is 75.7 Å². The predicted octanol–water partition coefficient (Wildman–Crippen LogP) is 3.59. The summed E-state index contributed by atoms with van der Waals surface area (Å²) in [5.74, 6) is 3.36. The summed E-state index contributed by atoms with van der Waals surface area (Å²) in [5.41, 5.74) is -0.762. The molecule has 0 saturated heterocycles. The number of amides is 1. The topological polar surface area (TPSA) is 53.7 Å². The van der Waals surface area contributed by atoms with Gasteiger partial charge in [-0.1, -0.05) is 19.8 Å². The van der Waals surface area contributed by atoms with Crippen molar-refractivity contribution in [3.05, 3.63) is 23.7 Å². The SMILES string of the molecule is CC1CC1c1ccc(CN(C(=O)CC2(O)CCCC2)C2CC2)o1. The van der Waals surface area contributed by atoms with Gasteiger partial charge in [-0.25, -0.2) is 0 Å². The monoisotopic (exact) mass is 317 g/mol. The molecule has 0 radical (unpaired) electrons. The van der Waals surface area contributed by atoms with Gasteiger partial charge in [0.1, 0.15) is 11.5 Å². The minimum Gasteiger partial charge on any atom is -0.464 e. The van der Waals surface area contributed by atoms with Gasteiger partial charge in [-0.3, -0.25) is 4.79 Å². The molecular weight excluding hydrogens is 290 g/mol. The minimum atomic E-state index is -0.762. The summed E-state index contributed by atoms with van der Waals surface area (Å²) in [6, 6.07) is 4.44. The molecule has 0 aromatic carbocycles. The predicted molar refractivity (Wildman–Crippen MR) is 86.8 cm³/mol. The molecule has 3 aliphatic carbocycles. The fraction of sp³-hybridized carbons (Fsp3) is 0.737. The summed E-state index contributed by atoms with van der Waals surface area (Å²) < 4.78 is 5.98. The average molecular weight is 317 g/mol. The lowest BCUT2D eigenvalue weighted by atomic mass is 9.97. The Morgan fingerprint density at radius 2 is 2.04 bits per heavy atom. The molecule has 23 heavy (non-hydrogen) atoms. The first-order chi connectivity index (χ1) is 11.0. The number of nitrogens with zero attached hydrogens (tertiary/aromatic N) is 1. The van der Waals surface area contributed by atoms with Crippen molar-refractivity contribution in [1.82, 2.24) is 4.90 Å². The number of aliphatic hydroxyl groups is 1. The maximum atomic E-state index is 12.7. The molecule has 0 aliphatic heterocycles. The molecule has 3 aliphatic rings. The number of carbonyl (C=O) groups is 1. The van der Waals surface area contributed by atoms with Crippen molar-refractivity contribution in [1.29, 1.82) is 0 Å². The van der Waals surface area contributed by atoms with E-state index < -0.39 is 5.60 Å². The van der Waals surface area contributed by atoms with Gasteiger partial charge in [-0.05, 0) is 50.2 Å². The largest absolute Gasteiger partial charge is 0.464 e. The molecule has 0 bridgehead atoms. The van der Waals surface area contributed by atoms with Crippen LogP contribution in [0, 0.1) is 5.92 Å². The van der Waals surface area contributed by atoms with E-state index in [1.54, 1.807) is 0 Å². The number of hydrogen-bond acceptors (Lipinski definition) is 3. The summed E-state index contributed by atoms with van der Waals surface area (Å²) in [5, 5.41) is 10.5. The standard InChI is InChI=1S/C19H27NO3/c1-13-10-16(13)17-7-6-15(23-17)12-20(14-4-5-14)18(21)11-19(22)8-2-3-9-19/h6-7,13-14,16,22H,2-5,8-12H2,1H3. The molecule has 1 heterocycles. The fourth-order valence-electron chi connectivity index (χ4n) is 3.97. The molecule has 1 N–H and O–H groups in total. The Morgan fingerprint density at radius 1 is 1.35 bits per heavy atom. The van der Waals surface area contributed by atoms with Gasteiger partial charge in [-0.15, -0.1) is 0 Å². The van der Waals surface area contributed by atoms with Gasteiger partial charge in [-0.2, -0.15) is 0 Å². The van der Waals surface area contributed by atoms with Crippen LogP contribution < -0.4 is 0 Å². The fourth-order valence-corrected chi connectivity index (χ4v) is 3.97. The third-order valence-electron chi connectivity index (χ3n) is 5.81. The molecule has 2 atom stereocenters. The molecule has 1 amide bonds.